The van der Waals surface area contributed by atoms with Crippen LogP contribution in [0.4, 0.5) is 13.2 Å². The van der Waals surface area contributed by atoms with E-state index in [2.05, 4.69) is 11.6 Å². The highest BCUT2D eigenvalue weighted by molar-refractivity contribution is 7.99. The summed E-state index contributed by atoms with van der Waals surface area (Å²) < 4.78 is 39.1. The molecule has 0 aromatic heterocycles. The average molecular weight is 295 g/mol. The molecule has 112 valence electrons. The third-order valence-corrected chi connectivity index (χ3v) is 5.78. The predicted octanol–water partition coefficient (Wildman–Crippen LogP) is 4.37. The standard InChI is InChI=1S/C14H24F3NS/c1-19-11-8-6-10(7-9-11)18-13-5-3-2-4-12(13)14(15,16)17/h10-13,18H,2-9H2,1H3. The average Bonchev–Trinajstić information content (AvgIpc) is 2.39. The molecule has 0 saturated heterocycles. The quantitative estimate of drug-likeness (QED) is 0.829. The SMILES string of the molecule is CSC1CCC(NC2CCCCC2C(F)(F)F)CC1. The van der Waals surface area contributed by atoms with E-state index in [0.717, 1.165) is 38.5 Å². The lowest BCUT2D eigenvalue weighted by atomic mass is 9.82. The van der Waals surface area contributed by atoms with E-state index in [1.54, 1.807) is 0 Å². The Morgan fingerprint density at radius 2 is 1.58 bits per heavy atom. The molecule has 2 atom stereocenters. The van der Waals surface area contributed by atoms with E-state index in [-0.39, 0.29) is 6.04 Å². The lowest BCUT2D eigenvalue weighted by Gasteiger charge is -2.38. The molecule has 0 aliphatic heterocycles. The molecule has 2 aliphatic rings. The van der Waals surface area contributed by atoms with E-state index in [1.165, 1.54) is 0 Å². The van der Waals surface area contributed by atoms with Gasteiger partial charge in [0.1, 0.15) is 0 Å². The fourth-order valence-electron chi connectivity index (χ4n) is 3.49. The molecule has 0 aromatic carbocycles. The lowest BCUT2D eigenvalue weighted by Crippen LogP contribution is -2.50. The van der Waals surface area contributed by atoms with Crippen LogP contribution in [0.1, 0.15) is 51.4 Å². The number of halogens is 3. The second kappa shape index (κ2) is 6.70. The number of thioether (sulfide) groups is 1. The maximum Gasteiger partial charge on any atom is 0.393 e. The van der Waals surface area contributed by atoms with Crippen LogP contribution in [-0.2, 0) is 0 Å². The largest absolute Gasteiger partial charge is 0.393 e. The molecule has 2 rings (SSSR count). The molecule has 19 heavy (non-hydrogen) atoms. The maximum absolute atomic E-state index is 13.0. The van der Waals surface area contributed by atoms with Crippen molar-refractivity contribution in [2.24, 2.45) is 5.92 Å². The van der Waals surface area contributed by atoms with Crippen molar-refractivity contribution in [2.75, 3.05) is 6.26 Å². The first-order valence-corrected chi connectivity index (χ1v) is 8.65. The number of hydrogen-bond acceptors (Lipinski definition) is 2. The van der Waals surface area contributed by atoms with Gasteiger partial charge in [0.05, 0.1) is 5.92 Å². The van der Waals surface area contributed by atoms with Gasteiger partial charge in [-0.15, -0.1) is 0 Å². The van der Waals surface area contributed by atoms with Crippen molar-refractivity contribution in [3.8, 4) is 0 Å². The minimum absolute atomic E-state index is 0.302. The Morgan fingerprint density at radius 1 is 0.947 bits per heavy atom. The van der Waals surface area contributed by atoms with Crippen LogP contribution in [0.15, 0.2) is 0 Å². The highest BCUT2D eigenvalue weighted by Gasteiger charge is 2.45. The minimum atomic E-state index is -4.03. The minimum Gasteiger partial charge on any atom is -0.311 e. The molecule has 2 aliphatic carbocycles. The second-order valence-electron chi connectivity index (χ2n) is 5.92. The van der Waals surface area contributed by atoms with E-state index in [4.69, 9.17) is 0 Å². The number of rotatable bonds is 3. The van der Waals surface area contributed by atoms with Gasteiger partial charge in [0.2, 0.25) is 0 Å². The zero-order chi connectivity index (χ0) is 13.9. The third-order valence-electron chi connectivity index (χ3n) is 4.64. The first-order chi connectivity index (χ1) is 9.00. The molecule has 0 amide bonds. The molecular weight excluding hydrogens is 271 g/mol. The Morgan fingerprint density at radius 3 is 2.16 bits per heavy atom. The number of hydrogen-bond donors (Lipinski definition) is 1. The molecule has 5 heteroatoms. The summed E-state index contributed by atoms with van der Waals surface area (Å²) in [5.74, 6) is -1.13. The normalized spacial score (nSPS) is 37.3. The van der Waals surface area contributed by atoms with Crippen molar-refractivity contribution in [1.29, 1.82) is 0 Å². The van der Waals surface area contributed by atoms with Crippen LogP contribution in [0, 0.1) is 5.92 Å². The van der Waals surface area contributed by atoms with Gasteiger partial charge in [0.15, 0.2) is 0 Å². The van der Waals surface area contributed by atoms with Gasteiger partial charge in [0.25, 0.3) is 0 Å². The summed E-state index contributed by atoms with van der Waals surface area (Å²) in [7, 11) is 0. The van der Waals surface area contributed by atoms with Crippen molar-refractivity contribution in [3.63, 3.8) is 0 Å². The molecule has 0 bridgehead atoms. The summed E-state index contributed by atoms with van der Waals surface area (Å²) in [5, 5.41) is 4.04. The van der Waals surface area contributed by atoms with Crippen LogP contribution in [0.25, 0.3) is 0 Å². The molecule has 0 spiro atoms. The zero-order valence-corrected chi connectivity index (χ0v) is 12.3. The summed E-state index contributed by atoms with van der Waals surface area (Å²) in [6, 6.07) is -0.0408. The molecule has 0 heterocycles. The summed E-state index contributed by atoms with van der Waals surface area (Å²) in [6.45, 7) is 0. The first kappa shape index (κ1) is 15.5. The van der Waals surface area contributed by atoms with E-state index in [0.29, 0.717) is 24.1 Å². The van der Waals surface area contributed by atoms with Crippen molar-refractivity contribution < 1.29 is 13.2 Å². The van der Waals surface area contributed by atoms with E-state index in [9.17, 15) is 13.2 Å². The van der Waals surface area contributed by atoms with Crippen LogP contribution < -0.4 is 5.32 Å². The summed E-state index contributed by atoms with van der Waals surface area (Å²) in [4.78, 5) is 0. The molecule has 2 unspecified atom stereocenters. The highest BCUT2D eigenvalue weighted by atomic mass is 32.2. The van der Waals surface area contributed by atoms with Gasteiger partial charge in [-0.05, 0) is 44.8 Å². The monoisotopic (exact) mass is 295 g/mol. The van der Waals surface area contributed by atoms with Crippen LogP contribution >= 0.6 is 11.8 Å². The van der Waals surface area contributed by atoms with Gasteiger partial charge in [-0.1, -0.05) is 12.8 Å². The van der Waals surface area contributed by atoms with Crippen molar-refractivity contribution in [3.05, 3.63) is 0 Å². The Kier molecular flexibility index (Phi) is 5.46. The number of nitrogens with one attached hydrogen (secondary N) is 1. The van der Waals surface area contributed by atoms with Gasteiger partial charge in [-0.25, -0.2) is 0 Å². The molecule has 2 saturated carbocycles. The molecule has 2 fully saturated rings. The maximum atomic E-state index is 13.0. The highest BCUT2D eigenvalue weighted by Crippen LogP contribution is 2.38. The summed E-state index contributed by atoms with van der Waals surface area (Å²) in [5.41, 5.74) is 0. The molecule has 0 aromatic rings. The molecule has 1 nitrogen and oxygen atoms in total. The molecule has 1 N–H and O–H groups in total. The van der Waals surface area contributed by atoms with E-state index >= 15 is 0 Å². The van der Waals surface area contributed by atoms with Crippen molar-refractivity contribution in [1.82, 2.24) is 5.32 Å². The predicted molar refractivity (Wildman–Crippen MR) is 74.5 cm³/mol. The van der Waals surface area contributed by atoms with Crippen LogP contribution in [0.3, 0.4) is 0 Å². The Bertz CT molecular complexity index is 274. The topological polar surface area (TPSA) is 12.0 Å². The smallest absolute Gasteiger partial charge is 0.311 e. The van der Waals surface area contributed by atoms with E-state index in [1.807, 2.05) is 11.8 Å². The van der Waals surface area contributed by atoms with Crippen molar-refractivity contribution >= 4 is 11.8 Å². The van der Waals surface area contributed by atoms with Crippen LogP contribution in [-0.4, -0.2) is 29.8 Å². The van der Waals surface area contributed by atoms with Gasteiger partial charge >= 0.3 is 6.18 Å². The Balaban J connectivity index is 1.86. The summed E-state index contributed by atoms with van der Waals surface area (Å²) in [6.07, 6.45) is 5.09. The molecular formula is C14H24F3NS. The van der Waals surface area contributed by atoms with Gasteiger partial charge < -0.3 is 5.32 Å². The van der Waals surface area contributed by atoms with Gasteiger partial charge in [0, 0.05) is 17.3 Å². The van der Waals surface area contributed by atoms with Crippen molar-refractivity contribution in [2.45, 2.75) is 74.9 Å². The zero-order valence-electron chi connectivity index (χ0n) is 11.5. The summed E-state index contributed by atoms with van der Waals surface area (Å²) >= 11 is 1.89. The lowest BCUT2D eigenvalue weighted by molar-refractivity contribution is -0.189. The van der Waals surface area contributed by atoms with Crippen LogP contribution in [0.5, 0.6) is 0 Å². The Hall–Kier alpha value is 0.100. The Labute approximate surface area is 118 Å². The second-order valence-corrected chi connectivity index (χ2v) is 7.05. The molecule has 0 radical (unpaired) electrons. The van der Waals surface area contributed by atoms with Gasteiger partial charge in [-0.3, -0.25) is 0 Å². The number of alkyl halides is 3. The third kappa shape index (κ3) is 4.28. The fraction of sp³-hybridized carbons (Fsp3) is 1.00. The van der Waals surface area contributed by atoms with Crippen LogP contribution in [0.2, 0.25) is 0 Å². The van der Waals surface area contributed by atoms with E-state index < -0.39 is 12.1 Å². The first-order valence-electron chi connectivity index (χ1n) is 7.36. The van der Waals surface area contributed by atoms with Gasteiger partial charge in [-0.2, -0.15) is 24.9 Å². The fourth-order valence-corrected chi connectivity index (χ4v) is 4.23.